The molecule has 0 nitrogen and oxygen atoms in total. The van der Waals surface area contributed by atoms with Crippen molar-refractivity contribution in [2.45, 2.75) is 40.0 Å². The highest BCUT2D eigenvalue weighted by Gasteiger charge is 2.16. The van der Waals surface area contributed by atoms with Gasteiger partial charge in [-0.3, -0.25) is 0 Å². The predicted molar refractivity (Wildman–Crippen MR) is 87.0 cm³/mol. The Kier molecular flexibility index (Phi) is 3.48. The van der Waals surface area contributed by atoms with Gasteiger partial charge in [0.2, 0.25) is 0 Å². The first-order valence-corrected chi connectivity index (χ1v) is 7.52. The fraction of sp³-hybridized carbons (Fsp3) is 0.300. The smallest absolute Gasteiger partial charge is 0.0119 e. The van der Waals surface area contributed by atoms with Crippen LogP contribution in [-0.2, 0) is 6.42 Å². The van der Waals surface area contributed by atoms with Crippen molar-refractivity contribution in [1.82, 2.24) is 0 Å². The number of benzene rings is 2. The second kappa shape index (κ2) is 5.28. The molecule has 0 amide bonds. The molecule has 2 aromatic rings. The molecule has 3 rings (SSSR count). The van der Waals surface area contributed by atoms with Crippen molar-refractivity contribution in [3.05, 3.63) is 75.9 Å². The van der Waals surface area contributed by atoms with E-state index in [0.29, 0.717) is 0 Å². The highest BCUT2D eigenvalue weighted by atomic mass is 14.2. The van der Waals surface area contributed by atoms with Crippen LogP contribution in [0.4, 0.5) is 0 Å². The van der Waals surface area contributed by atoms with E-state index in [-0.39, 0.29) is 0 Å². The van der Waals surface area contributed by atoms with Gasteiger partial charge in [-0.15, -0.1) is 0 Å². The topological polar surface area (TPSA) is 0 Å². The van der Waals surface area contributed by atoms with Crippen molar-refractivity contribution in [1.29, 1.82) is 0 Å². The number of fused-ring (bicyclic) bond motifs is 1. The van der Waals surface area contributed by atoms with Gasteiger partial charge in [0, 0.05) is 0 Å². The van der Waals surface area contributed by atoms with Crippen LogP contribution in [0.2, 0.25) is 0 Å². The van der Waals surface area contributed by atoms with E-state index in [1.54, 1.807) is 0 Å². The summed E-state index contributed by atoms with van der Waals surface area (Å²) in [6.07, 6.45) is 3.66. The second-order valence-electron chi connectivity index (χ2n) is 6.04. The van der Waals surface area contributed by atoms with E-state index in [4.69, 9.17) is 0 Å². The third kappa shape index (κ3) is 2.43. The maximum atomic E-state index is 2.36. The Labute approximate surface area is 122 Å². The quantitative estimate of drug-likeness (QED) is 0.640. The van der Waals surface area contributed by atoms with Crippen LogP contribution < -0.4 is 0 Å². The highest BCUT2D eigenvalue weighted by molar-refractivity contribution is 5.84. The lowest BCUT2D eigenvalue weighted by molar-refractivity contribution is 0.822. The molecule has 0 saturated carbocycles. The third-order valence-corrected chi connectivity index (χ3v) is 4.29. The maximum Gasteiger partial charge on any atom is -0.0119 e. The number of hydrogen-bond donors (Lipinski definition) is 0. The molecule has 0 spiro atoms. The lowest BCUT2D eigenvalue weighted by Crippen LogP contribution is -1.95. The average Bonchev–Trinajstić information content (AvgIpc) is 2.58. The van der Waals surface area contributed by atoms with Gasteiger partial charge in [0.25, 0.3) is 0 Å². The Morgan fingerprint density at radius 1 is 0.750 bits per heavy atom. The summed E-state index contributed by atoms with van der Waals surface area (Å²) in [6.45, 7) is 6.63. The molecule has 0 N–H and O–H groups in total. The fourth-order valence-electron chi connectivity index (χ4n) is 3.19. The summed E-state index contributed by atoms with van der Waals surface area (Å²) < 4.78 is 0. The van der Waals surface area contributed by atoms with Crippen LogP contribution in [0, 0.1) is 13.8 Å². The second-order valence-corrected chi connectivity index (χ2v) is 6.04. The van der Waals surface area contributed by atoms with Gasteiger partial charge >= 0.3 is 0 Å². The largest absolute Gasteiger partial charge is 0.0649 e. The van der Waals surface area contributed by atoms with Crippen LogP contribution in [-0.4, -0.2) is 0 Å². The SMILES string of the molecule is CC1=C(c2ccc(C)cc2)c2ccc(C)cc2CCC1. The molecule has 0 heterocycles. The molecule has 0 saturated heterocycles. The Morgan fingerprint density at radius 2 is 1.45 bits per heavy atom. The Hall–Kier alpha value is -1.82. The summed E-state index contributed by atoms with van der Waals surface area (Å²) in [5, 5.41) is 0. The number of aryl methyl sites for hydroxylation is 3. The molecule has 102 valence electrons. The average molecular weight is 262 g/mol. The van der Waals surface area contributed by atoms with E-state index in [9.17, 15) is 0 Å². The first kappa shape index (κ1) is 13.2. The molecule has 0 atom stereocenters. The van der Waals surface area contributed by atoms with Crippen molar-refractivity contribution in [3.63, 3.8) is 0 Å². The molecule has 1 aliphatic carbocycles. The molecule has 0 unspecified atom stereocenters. The first-order chi connectivity index (χ1) is 9.65. The molecule has 0 aliphatic heterocycles. The van der Waals surface area contributed by atoms with Gasteiger partial charge in [0.05, 0.1) is 0 Å². The van der Waals surface area contributed by atoms with Gasteiger partial charge in [0.1, 0.15) is 0 Å². The van der Waals surface area contributed by atoms with Crippen molar-refractivity contribution < 1.29 is 0 Å². The fourth-order valence-corrected chi connectivity index (χ4v) is 3.19. The van der Waals surface area contributed by atoms with Gasteiger partial charge in [-0.1, -0.05) is 59.2 Å². The van der Waals surface area contributed by atoms with Crippen molar-refractivity contribution in [2.75, 3.05) is 0 Å². The van der Waals surface area contributed by atoms with E-state index in [2.05, 4.69) is 63.2 Å². The van der Waals surface area contributed by atoms with Crippen molar-refractivity contribution in [3.8, 4) is 0 Å². The molecule has 2 aromatic carbocycles. The van der Waals surface area contributed by atoms with Crippen LogP contribution in [0.1, 0.15) is 47.6 Å². The lowest BCUT2D eigenvalue weighted by atomic mass is 9.90. The van der Waals surface area contributed by atoms with Crippen LogP contribution >= 0.6 is 0 Å². The lowest BCUT2D eigenvalue weighted by Gasteiger charge is -2.14. The minimum absolute atomic E-state index is 1.20. The summed E-state index contributed by atoms with van der Waals surface area (Å²) >= 11 is 0. The number of rotatable bonds is 1. The number of allylic oxidation sites excluding steroid dienone is 1. The zero-order chi connectivity index (χ0) is 14.1. The highest BCUT2D eigenvalue weighted by Crippen LogP contribution is 2.35. The van der Waals surface area contributed by atoms with Crippen molar-refractivity contribution in [2.24, 2.45) is 0 Å². The zero-order valence-corrected chi connectivity index (χ0v) is 12.7. The van der Waals surface area contributed by atoms with Crippen LogP contribution in [0.3, 0.4) is 0 Å². The van der Waals surface area contributed by atoms with E-state index in [1.165, 1.54) is 58.2 Å². The minimum Gasteiger partial charge on any atom is -0.0649 e. The summed E-state index contributed by atoms with van der Waals surface area (Å²) in [5.41, 5.74) is 9.98. The van der Waals surface area contributed by atoms with Crippen molar-refractivity contribution >= 4 is 5.57 Å². The standard InChI is InChI=1S/C20H22/c1-14-7-10-17(11-8-14)20-16(3)5-4-6-18-13-15(2)9-12-19(18)20/h7-13H,4-6H2,1-3H3. The molecule has 0 fully saturated rings. The maximum absolute atomic E-state index is 2.36. The Bertz CT molecular complexity index is 657. The third-order valence-electron chi connectivity index (χ3n) is 4.29. The summed E-state index contributed by atoms with van der Waals surface area (Å²) in [4.78, 5) is 0. The molecular weight excluding hydrogens is 240 g/mol. The summed E-state index contributed by atoms with van der Waals surface area (Å²) in [6, 6.07) is 15.9. The molecule has 20 heavy (non-hydrogen) atoms. The predicted octanol–water partition coefficient (Wildman–Crippen LogP) is 5.46. The zero-order valence-electron chi connectivity index (χ0n) is 12.7. The molecule has 0 aromatic heterocycles. The summed E-state index contributed by atoms with van der Waals surface area (Å²) in [5.74, 6) is 0. The van der Waals surface area contributed by atoms with Gasteiger partial charge in [0.15, 0.2) is 0 Å². The Balaban J connectivity index is 2.19. The first-order valence-electron chi connectivity index (χ1n) is 7.52. The van der Waals surface area contributed by atoms with Crippen LogP contribution in [0.25, 0.3) is 5.57 Å². The van der Waals surface area contributed by atoms with Crippen LogP contribution in [0.5, 0.6) is 0 Å². The molecular formula is C20H22. The van der Waals surface area contributed by atoms with Gasteiger partial charge in [-0.25, -0.2) is 0 Å². The van der Waals surface area contributed by atoms with E-state index in [1.807, 2.05) is 0 Å². The Morgan fingerprint density at radius 3 is 2.20 bits per heavy atom. The molecule has 0 radical (unpaired) electrons. The molecule has 1 aliphatic rings. The van der Waals surface area contributed by atoms with Gasteiger partial charge < -0.3 is 0 Å². The molecule has 0 bridgehead atoms. The monoisotopic (exact) mass is 262 g/mol. The van der Waals surface area contributed by atoms with Gasteiger partial charge in [-0.2, -0.15) is 0 Å². The minimum atomic E-state index is 1.20. The van der Waals surface area contributed by atoms with E-state index < -0.39 is 0 Å². The summed E-state index contributed by atoms with van der Waals surface area (Å²) in [7, 11) is 0. The van der Waals surface area contributed by atoms with Crippen LogP contribution in [0.15, 0.2) is 48.0 Å². The number of hydrogen-bond acceptors (Lipinski definition) is 0. The normalized spacial score (nSPS) is 14.9. The van der Waals surface area contributed by atoms with Gasteiger partial charge in [-0.05, 0) is 62.3 Å². The van der Waals surface area contributed by atoms with E-state index >= 15 is 0 Å². The molecule has 0 heteroatoms. The van der Waals surface area contributed by atoms with E-state index in [0.717, 1.165) is 0 Å².